The molecule has 0 unspecified atom stereocenters. The summed E-state index contributed by atoms with van der Waals surface area (Å²) in [5.74, 6) is 0. The van der Waals surface area contributed by atoms with E-state index >= 15 is 0 Å². The van der Waals surface area contributed by atoms with Crippen molar-refractivity contribution in [2.75, 3.05) is 19.6 Å². The number of hydrogen-bond acceptors (Lipinski definition) is 2. The topological polar surface area (TPSA) is 35.6 Å². The van der Waals surface area contributed by atoms with Crippen molar-refractivity contribution in [3.8, 4) is 0 Å². The Hall–Kier alpha value is -2.07. The number of hydrogen-bond donors (Lipinski definition) is 1. The minimum Gasteiger partial charge on any atom is -0.317 e. The fourth-order valence-corrected chi connectivity index (χ4v) is 5.04. The second kappa shape index (κ2) is 5.73. The first-order valence-electron chi connectivity index (χ1n) is 9.29. The molecule has 1 N–H and O–H groups in total. The highest BCUT2D eigenvalue weighted by molar-refractivity contribution is 5.87. The van der Waals surface area contributed by atoms with Crippen molar-refractivity contribution < 1.29 is 4.79 Å². The summed E-state index contributed by atoms with van der Waals surface area (Å²) in [5.41, 5.74) is 6.93. The van der Waals surface area contributed by atoms with Crippen LogP contribution in [0.1, 0.15) is 42.0 Å². The van der Waals surface area contributed by atoms with E-state index in [-0.39, 0.29) is 11.6 Å². The summed E-state index contributed by atoms with van der Waals surface area (Å²) in [5, 5.41) is 3.45. The molecule has 1 spiro atoms. The number of rotatable bonds is 1. The van der Waals surface area contributed by atoms with E-state index in [1.807, 2.05) is 4.90 Å². The Morgan fingerprint density at radius 2 is 1.96 bits per heavy atom. The van der Waals surface area contributed by atoms with Crippen molar-refractivity contribution in [3.63, 3.8) is 0 Å². The average Bonchev–Trinajstić information content (AvgIpc) is 2.69. The van der Waals surface area contributed by atoms with Crippen molar-refractivity contribution in [2.24, 2.45) is 0 Å². The van der Waals surface area contributed by atoms with Crippen molar-refractivity contribution in [3.05, 3.63) is 52.7 Å². The molecule has 3 aliphatic heterocycles. The minimum absolute atomic E-state index is 0.149. The molecule has 1 aromatic rings. The number of likely N-dealkylation sites (N-methyl/N-ethyl adjacent to an activating group) is 1. The molecule has 0 radical (unpaired) electrons. The van der Waals surface area contributed by atoms with Crippen LogP contribution in [-0.4, -0.2) is 41.0 Å². The molecule has 25 heavy (non-hydrogen) atoms. The van der Waals surface area contributed by atoms with Gasteiger partial charge in [0.15, 0.2) is 0 Å². The predicted octanol–water partition coefficient (Wildman–Crippen LogP) is 3.59. The average molecular weight is 337 g/mol. The van der Waals surface area contributed by atoms with E-state index in [2.05, 4.69) is 55.8 Å². The Balaban J connectivity index is 1.88. The summed E-state index contributed by atoms with van der Waals surface area (Å²) < 4.78 is 0. The number of allylic oxidation sites excluding steroid dienone is 2. The number of urea groups is 1. The first-order valence-corrected chi connectivity index (χ1v) is 9.29. The molecule has 4 rings (SSSR count). The Morgan fingerprint density at radius 1 is 1.24 bits per heavy atom. The monoisotopic (exact) mass is 337 g/mol. The molecule has 4 heteroatoms. The summed E-state index contributed by atoms with van der Waals surface area (Å²) in [6.07, 6.45) is 4.13. The SMILES string of the molecule is C=C1C=C2N(Cc3cc(C)cc(C)c31)C(=O)N(CC)C21CCNCC1. The lowest BCUT2D eigenvalue weighted by Crippen LogP contribution is -2.52. The lowest BCUT2D eigenvalue weighted by molar-refractivity contribution is 0.141. The van der Waals surface area contributed by atoms with Gasteiger partial charge in [0.25, 0.3) is 0 Å². The number of aryl methyl sites for hydroxylation is 2. The van der Waals surface area contributed by atoms with Crippen LogP contribution in [0.25, 0.3) is 5.57 Å². The highest BCUT2D eigenvalue weighted by Crippen LogP contribution is 2.46. The van der Waals surface area contributed by atoms with E-state index in [0.29, 0.717) is 6.54 Å². The number of fused-ring (bicyclic) bond motifs is 3. The van der Waals surface area contributed by atoms with Gasteiger partial charge in [-0.2, -0.15) is 0 Å². The Labute approximate surface area is 150 Å². The van der Waals surface area contributed by atoms with E-state index < -0.39 is 0 Å². The van der Waals surface area contributed by atoms with Gasteiger partial charge in [0.1, 0.15) is 0 Å². The molecule has 1 aromatic carbocycles. The van der Waals surface area contributed by atoms with E-state index in [1.165, 1.54) is 22.3 Å². The maximum absolute atomic E-state index is 13.2. The van der Waals surface area contributed by atoms with E-state index in [0.717, 1.165) is 43.7 Å². The smallest absolute Gasteiger partial charge is 0.317 e. The Bertz CT molecular complexity index is 787. The normalized spacial score (nSPS) is 22.0. The number of carbonyl (C=O) groups excluding carboxylic acids is 1. The van der Waals surface area contributed by atoms with Gasteiger partial charge in [0, 0.05) is 12.2 Å². The van der Waals surface area contributed by atoms with Gasteiger partial charge in [-0.3, -0.25) is 4.90 Å². The van der Waals surface area contributed by atoms with Gasteiger partial charge >= 0.3 is 6.03 Å². The van der Waals surface area contributed by atoms with Crippen molar-refractivity contribution in [1.29, 1.82) is 0 Å². The molecular weight excluding hydrogens is 310 g/mol. The summed E-state index contributed by atoms with van der Waals surface area (Å²) in [7, 11) is 0. The number of amides is 2. The maximum atomic E-state index is 13.2. The molecule has 3 aliphatic rings. The quantitative estimate of drug-likeness (QED) is 0.850. The third kappa shape index (κ3) is 2.27. The summed E-state index contributed by atoms with van der Waals surface area (Å²) in [6.45, 7) is 14.0. The fraction of sp³-hybridized carbons (Fsp3) is 0.476. The van der Waals surface area contributed by atoms with Crippen LogP contribution < -0.4 is 5.32 Å². The third-order valence-corrected chi connectivity index (χ3v) is 6.02. The van der Waals surface area contributed by atoms with Crippen LogP contribution in [0.4, 0.5) is 4.79 Å². The second-order valence-electron chi connectivity index (χ2n) is 7.57. The van der Waals surface area contributed by atoms with E-state index in [1.54, 1.807) is 0 Å². The van der Waals surface area contributed by atoms with Crippen LogP contribution in [0, 0.1) is 13.8 Å². The molecule has 0 atom stereocenters. The van der Waals surface area contributed by atoms with Crippen LogP contribution in [0.5, 0.6) is 0 Å². The first-order chi connectivity index (χ1) is 12.0. The standard InChI is InChI=1S/C21H27N3O/c1-5-24-20(25)23-13-17-11-14(2)10-15(3)19(17)16(4)12-18(23)21(24)6-8-22-9-7-21/h10-12,22H,4-9,13H2,1-3H3. The minimum atomic E-state index is -0.176. The van der Waals surface area contributed by atoms with Crippen LogP contribution in [0.15, 0.2) is 30.5 Å². The molecule has 3 heterocycles. The van der Waals surface area contributed by atoms with Gasteiger partial charge in [-0.25, -0.2) is 4.79 Å². The van der Waals surface area contributed by atoms with Crippen molar-refractivity contribution in [2.45, 2.75) is 45.7 Å². The molecule has 2 amide bonds. The maximum Gasteiger partial charge on any atom is 0.325 e. The largest absolute Gasteiger partial charge is 0.325 e. The lowest BCUT2D eigenvalue weighted by Gasteiger charge is -2.40. The van der Waals surface area contributed by atoms with Gasteiger partial charge in [-0.15, -0.1) is 0 Å². The third-order valence-electron chi connectivity index (χ3n) is 6.02. The van der Waals surface area contributed by atoms with Gasteiger partial charge in [-0.1, -0.05) is 24.3 Å². The van der Waals surface area contributed by atoms with Gasteiger partial charge in [0.2, 0.25) is 0 Å². The molecule has 0 aliphatic carbocycles. The number of piperidine rings is 1. The summed E-state index contributed by atoms with van der Waals surface area (Å²) >= 11 is 0. The number of carbonyl (C=O) groups is 1. The van der Waals surface area contributed by atoms with E-state index in [4.69, 9.17) is 0 Å². The molecule has 0 bridgehead atoms. The van der Waals surface area contributed by atoms with Crippen molar-refractivity contribution >= 4 is 11.6 Å². The van der Waals surface area contributed by atoms with Gasteiger partial charge in [-0.05, 0) is 75.0 Å². The molecular formula is C21H27N3O. The van der Waals surface area contributed by atoms with Crippen LogP contribution in [0.3, 0.4) is 0 Å². The summed E-state index contributed by atoms with van der Waals surface area (Å²) in [4.78, 5) is 17.3. The zero-order valence-corrected chi connectivity index (χ0v) is 15.5. The highest BCUT2D eigenvalue weighted by atomic mass is 16.2. The fourth-order valence-electron chi connectivity index (χ4n) is 5.04. The second-order valence-corrected chi connectivity index (χ2v) is 7.57. The predicted molar refractivity (Wildman–Crippen MR) is 101 cm³/mol. The van der Waals surface area contributed by atoms with Crippen LogP contribution in [-0.2, 0) is 6.54 Å². The Morgan fingerprint density at radius 3 is 2.64 bits per heavy atom. The lowest BCUT2D eigenvalue weighted by atomic mass is 9.83. The zero-order chi connectivity index (χ0) is 17.8. The highest BCUT2D eigenvalue weighted by Gasteiger charge is 2.53. The van der Waals surface area contributed by atoms with Crippen molar-refractivity contribution in [1.82, 2.24) is 15.1 Å². The zero-order valence-electron chi connectivity index (χ0n) is 15.5. The summed E-state index contributed by atoms with van der Waals surface area (Å²) in [6, 6.07) is 4.57. The number of nitrogens with zero attached hydrogens (tertiary/aromatic N) is 2. The number of nitrogens with one attached hydrogen (secondary N) is 1. The molecule has 2 fully saturated rings. The molecule has 4 nitrogen and oxygen atoms in total. The molecule has 132 valence electrons. The molecule has 0 aromatic heterocycles. The van der Waals surface area contributed by atoms with Gasteiger partial charge in [0.05, 0.1) is 12.1 Å². The van der Waals surface area contributed by atoms with E-state index in [9.17, 15) is 4.79 Å². The Kier molecular flexibility index (Phi) is 3.76. The molecule has 0 saturated carbocycles. The van der Waals surface area contributed by atoms with Crippen LogP contribution in [0.2, 0.25) is 0 Å². The van der Waals surface area contributed by atoms with Gasteiger partial charge < -0.3 is 10.2 Å². The van der Waals surface area contributed by atoms with Crippen LogP contribution >= 0.6 is 0 Å². The first kappa shape index (κ1) is 16.4. The number of benzene rings is 1. The molecule has 2 saturated heterocycles.